The maximum atomic E-state index is 4.54. The fourth-order valence-electron chi connectivity index (χ4n) is 3.21. The van der Waals surface area contributed by atoms with Gasteiger partial charge in [-0.15, -0.1) is 0 Å². The lowest BCUT2D eigenvalue weighted by atomic mass is 10.0. The first-order chi connectivity index (χ1) is 14.7. The molecule has 0 fully saturated rings. The summed E-state index contributed by atoms with van der Waals surface area (Å²) in [5.74, 6) is 1.61. The highest BCUT2D eigenvalue weighted by Gasteiger charge is 2.09. The highest BCUT2D eigenvalue weighted by atomic mass is 15.3. The molecule has 0 amide bonds. The first kappa shape index (κ1) is 19.6. The summed E-state index contributed by atoms with van der Waals surface area (Å²) in [6.07, 6.45) is 4.30. The van der Waals surface area contributed by atoms with Crippen LogP contribution in [-0.2, 0) is 13.0 Å². The molecule has 30 heavy (non-hydrogen) atoms. The van der Waals surface area contributed by atoms with Gasteiger partial charge >= 0.3 is 0 Å². The van der Waals surface area contributed by atoms with Crippen LogP contribution >= 0.6 is 0 Å². The average molecular weight is 403 g/mol. The molecule has 2 aromatic heterocycles. The van der Waals surface area contributed by atoms with E-state index in [-0.39, 0.29) is 6.04 Å². The summed E-state index contributed by atoms with van der Waals surface area (Å²) in [5, 5.41) is 12.3. The Morgan fingerprint density at radius 1 is 0.900 bits per heavy atom. The largest absolute Gasteiger partial charge is 0.354 e. The van der Waals surface area contributed by atoms with Gasteiger partial charge in [0, 0.05) is 37.4 Å². The molecular formula is C22H26N8. The second-order valence-corrected chi connectivity index (χ2v) is 7.35. The zero-order valence-corrected chi connectivity index (χ0v) is 17.2. The summed E-state index contributed by atoms with van der Waals surface area (Å²) in [7, 11) is 0. The number of hydrogen-bond acceptors (Lipinski definition) is 7. The van der Waals surface area contributed by atoms with Crippen molar-refractivity contribution in [1.82, 2.24) is 24.9 Å². The fourth-order valence-corrected chi connectivity index (χ4v) is 3.21. The number of nitrogens with zero attached hydrogens (tertiary/aromatic N) is 4. The number of benzene rings is 2. The van der Waals surface area contributed by atoms with Crippen molar-refractivity contribution in [2.75, 3.05) is 22.5 Å². The number of hydrogen-bond donors (Lipinski definition) is 4. The standard InChI is InChI=1S/C22H26N8/c1-15(2)27-22-29-20(24-11-10-18-13-23-14-26-18)28-21(30-22)25-12-17-8-5-7-16-6-3-4-9-19(16)17/h3-9,13-15H,10-12H2,1-2H3,(H,23,26)(H3,24,25,27,28,29,30). The van der Waals surface area contributed by atoms with E-state index in [1.807, 2.05) is 6.20 Å². The molecule has 0 atom stereocenters. The third-order valence-electron chi connectivity index (χ3n) is 4.60. The van der Waals surface area contributed by atoms with E-state index in [2.05, 4.69) is 97.2 Å². The number of aromatic amines is 1. The summed E-state index contributed by atoms with van der Waals surface area (Å²) in [6, 6.07) is 14.9. The van der Waals surface area contributed by atoms with Gasteiger partial charge in [-0.2, -0.15) is 15.0 Å². The maximum Gasteiger partial charge on any atom is 0.229 e. The van der Waals surface area contributed by atoms with Crippen molar-refractivity contribution >= 4 is 28.6 Å². The van der Waals surface area contributed by atoms with E-state index < -0.39 is 0 Å². The number of H-pyrrole nitrogens is 1. The summed E-state index contributed by atoms with van der Waals surface area (Å²) in [4.78, 5) is 20.7. The van der Waals surface area contributed by atoms with Crippen molar-refractivity contribution in [3.05, 3.63) is 66.2 Å². The Morgan fingerprint density at radius 3 is 2.47 bits per heavy atom. The molecule has 0 radical (unpaired) electrons. The lowest BCUT2D eigenvalue weighted by Crippen LogP contribution is -2.17. The minimum absolute atomic E-state index is 0.219. The van der Waals surface area contributed by atoms with Crippen LogP contribution in [0.1, 0.15) is 25.1 Å². The van der Waals surface area contributed by atoms with Gasteiger partial charge in [0.25, 0.3) is 0 Å². The second kappa shape index (κ2) is 9.21. The van der Waals surface area contributed by atoms with Gasteiger partial charge in [0.15, 0.2) is 0 Å². The number of nitrogens with one attached hydrogen (secondary N) is 4. The Hall–Kier alpha value is -3.68. The van der Waals surface area contributed by atoms with E-state index in [0.717, 1.165) is 12.1 Å². The van der Waals surface area contributed by atoms with E-state index in [0.29, 0.717) is 30.9 Å². The minimum Gasteiger partial charge on any atom is -0.354 e. The third-order valence-corrected chi connectivity index (χ3v) is 4.60. The normalized spacial score (nSPS) is 11.0. The van der Waals surface area contributed by atoms with Crippen LogP contribution in [0.2, 0.25) is 0 Å². The lowest BCUT2D eigenvalue weighted by Gasteiger charge is -2.13. The van der Waals surface area contributed by atoms with Gasteiger partial charge in [0.05, 0.1) is 6.33 Å². The van der Waals surface area contributed by atoms with E-state index in [1.54, 1.807) is 6.33 Å². The topological polar surface area (TPSA) is 103 Å². The molecule has 4 N–H and O–H groups in total. The first-order valence-corrected chi connectivity index (χ1v) is 10.1. The summed E-state index contributed by atoms with van der Waals surface area (Å²) in [6.45, 7) is 5.42. The van der Waals surface area contributed by atoms with Crippen molar-refractivity contribution in [2.24, 2.45) is 0 Å². The Balaban J connectivity index is 1.49. The highest BCUT2D eigenvalue weighted by Crippen LogP contribution is 2.19. The van der Waals surface area contributed by atoms with E-state index in [9.17, 15) is 0 Å². The van der Waals surface area contributed by atoms with Gasteiger partial charge in [0.1, 0.15) is 0 Å². The smallest absolute Gasteiger partial charge is 0.229 e. The van der Waals surface area contributed by atoms with Gasteiger partial charge in [0.2, 0.25) is 17.8 Å². The van der Waals surface area contributed by atoms with Crippen LogP contribution in [0.4, 0.5) is 17.8 Å². The van der Waals surface area contributed by atoms with E-state index in [4.69, 9.17) is 0 Å². The van der Waals surface area contributed by atoms with Crippen LogP contribution in [0.25, 0.3) is 10.8 Å². The molecule has 8 heteroatoms. The SMILES string of the molecule is CC(C)Nc1nc(NCCc2cnc[nH]2)nc(NCc2cccc3ccccc23)n1. The van der Waals surface area contributed by atoms with Crippen LogP contribution in [-0.4, -0.2) is 37.5 Å². The first-order valence-electron chi connectivity index (χ1n) is 10.1. The minimum atomic E-state index is 0.219. The molecule has 4 rings (SSSR count). The molecule has 154 valence electrons. The predicted octanol–water partition coefficient (Wildman–Crippen LogP) is 3.83. The number of rotatable bonds is 9. The van der Waals surface area contributed by atoms with Crippen LogP contribution in [0.5, 0.6) is 0 Å². The molecule has 0 saturated heterocycles. The van der Waals surface area contributed by atoms with Crippen LogP contribution < -0.4 is 16.0 Å². The fraction of sp³-hybridized carbons (Fsp3) is 0.273. The lowest BCUT2D eigenvalue weighted by molar-refractivity contribution is 0.862. The Morgan fingerprint density at radius 2 is 1.67 bits per heavy atom. The van der Waals surface area contributed by atoms with Crippen molar-refractivity contribution in [3.8, 4) is 0 Å². The van der Waals surface area contributed by atoms with Crippen LogP contribution in [0.15, 0.2) is 55.0 Å². The Kier molecular flexibility index (Phi) is 6.03. The van der Waals surface area contributed by atoms with Crippen LogP contribution in [0.3, 0.4) is 0 Å². The number of imidazole rings is 1. The van der Waals surface area contributed by atoms with Crippen molar-refractivity contribution in [1.29, 1.82) is 0 Å². The summed E-state index contributed by atoms with van der Waals surface area (Å²) >= 11 is 0. The number of aromatic nitrogens is 5. The molecule has 0 spiro atoms. The predicted molar refractivity (Wildman–Crippen MR) is 121 cm³/mol. The summed E-state index contributed by atoms with van der Waals surface area (Å²) < 4.78 is 0. The molecule has 0 aliphatic carbocycles. The Bertz CT molecular complexity index is 1090. The molecule has 0 aliphatic rings. The maximum absolute atomic E-state index is 4.54. The molecule has 0 unspecified atom stereocenters. The number of anilines is 3. The molecule has 2 aromatic carbocycles. The van der Waals surface area contributed by atoms with E-state index >= 15 is 0 Å². The zero-order valence-electron chi connectivity index (χ0n) is 17.2. The quantitative estimate of drug-likeness (QED) is 0.337. The Labute approximate surface area is 175 Å². The molecule has 4 aromatic rings. The molecular weight excluding hydrogens is 376 g/mol. The van der Waals surface area contributed by atoms with Crippen LogP contribution in [0, 0.1) is 0 Å². The molecule has 8 nitrogen and oxygen atoms in total. The monoisotopic (exact) mass is 402 g/mol. The molecule has 0 bridgehead atoms. The van der Waals surface area contributed by atoms with Gasteiger partial charge in [-0.05, 0) is 30.2 Å². The highest BCUT2D eigenvalue weighted by molar-refractivity contribution is 5.85. The van der Waals surface area contributed by atoms with Crippen molar-refractivity contribution < 1.29 is 0 Å². The van der Waals surface area contributed by atoms with Gasteiger partial charge in [-0.1, -0.05) is 42.5 Å². The second-order valence-electron chi connectivity index (χ2n) is 7.35. The van der Waals surface area contributed by atoms with Gasteiger partial charge < -0.3 is 20.9 Å². The van der Waals surface area contributed by atoms with Crippen molar-refractivity contribution in [2.45, 2.75) is 32.9 Å². The number of fused-ring (bicyclic) bond motifs is 1. The van der Waals surface area contributed by atoms with Gasteiger partial charge in [-0.3, -0.25) is 0 Å². The van der Waals surface area contributed by atoms with Crippen molar-refractivity contribution in [3.63, 3.8) is 0 Å². The van der Waals surface area contributed by atoms with E-state index in [1.165, 1.54) is 16.3 Å². The zero-order chi connectivity index (χ0) is 20.8. The molecule has 0 saturated carbocycles. The molecule has 2 heterocycles. The van der Waals surface area contributed by atoms with Gasteiger partial charge in [-0.25, -0.2) is 4.98 Å². The third kappa shape index (κ3) is 5.02. The summed E-state index contributed by atoms with van der Waals surface area (Å²) in [5.41, 5.74) is 2.26. The molecule has 0 aliphatic heterocycles. The average Bonchev–Trinajstić information content (AvgIpc) is 3.25.